The first kappa shape index (κ1) is 12.9. The molecular weight excluding hydrogens is 281 g/mol. The maximum Gasteiger partial charge on any atom is 0.341 e. The fraction of sp³-hybridized carbons (Fsp3) is 1.00. The van der Waals surface area contributed by atoms with Crippen LogP contribution in [-0.4, -0.2) is 12.7 Å². The van der Waals surface area contributed by atoms with Crippen LogP contribution in [0, 0.1) is 0 Å². The van der Waals surface area contributed by atoms with Crippen LogP contribution in [0.15, 0.2) is 0 Å². The van der Waals surface area contributed by atoms with E-state index in [0.29, 0.717) is 12.1 Å². The third-order valence-corrected chi connectivity index (χ3v) is 9.06. The number of hydrogen-bond donors (Lipinski definition) is 0. The highest BCUT2D eigenvalue weighted by atomic mass is 35.8. The molecule has 0 fully saturated rings. The first-order valence-electron chi connectivity index (χ1n) is 3.21. The molecule has 0 aliphatic rings. The van der Waals surface area contributed by atoms with Gasteiger partial charge in [0.1, 0.15) is 0 Å². The van der Waals surface area contributed by atoms with Crippen molar-refractivity contribution < 1.29 is 0 Å². The normalized spacial score (nSPS) is 13.6. The lowest BCUT2D eigenvalue weighted by Gasteiger charge is -2.15. The number of halogens is 5. The van der Waals surface area contributed by atoms with E-state index in [9.17, 15) is 0 Å². The van der Waals surface area contributed by atoms with Crippen molar-refractivity contribution >= 4 is 68.1 Å². The average molecular weight is 291 g/mol. The van der Waals surface area contributed by atoms with Gasteiger partial charge < -0.3 is 0 Å². The molecule has 0 N–H and O–H groups in total. The average Bonchev–Trinajstić information content (AvgIpc) is 1.83. The van der Waals surface area contributed by atoms with E-state index in [4.69, 9.17) is 55.4 Å². The molecule has 0 saturated carbocycles. The minimum absolute atomic E-state index is 0.574. The SMILES string of the molecule is CC[Si](Cl)(Cl)CC[Si](Cl)(Cl)Cl. The monoisotopic (exact) mass is 288 g/mol. The molecule has 7 heteroatoms. The molecule has 0 radical (unpaired) electrons. The molecule has 0 spiro atoms. The van der Waals surface area contributed by atoms with Gasteiger partial charge in [-0.15, -0.1) is 55.4 Å². The maximum absolute atomic E-state index is 5.98. The van der Waals surface area contributed by atoms with Crippen molar-refractivity contribution in [2.45, 2.75) is 25.1 Å². The van der Waals surface area contributed by atoms with Crippen LogP contribution in [0.25, 0.3) is 0 Å². The Balaban J connectivity index is 3.70. The summed E-state index contributed by atoms with van der Waals surface area (Å²) in [6, 6.07) is -0.426. The summed E-state index contributed by atoms with van der Waals surface area (Å²) < 4.78 is 0. The Morgan fingerprint density at radius 2 is 1.36 bits per heavy atom. The standard InChI is InChI=1S/C4H9Cl5Si2/c1-2-10(5,6)3-4-11(7,8)9/h2-4H2,1H3. The highest BCUT2D eigenvalue weighted by molar-refractivity contribution is 7.65. The van der Waals surface area contributed by atoms with Crippen molar-refractivity contribution in [1.82, 2.24) is 0 Å². The van der Waals surface area contributed by atoms with Gasteiger partial charge in [-0.3, -0.25) is 0 Å². The second-order valence-corrected chi connectivity index (χ2v) is 19.4. The molecule has 0 atom stereocenters. The van der Waals surface area contributed by atoms with Crippen LogP contribution in [0.3, 0.4) is 0 Å². The lowest BCUT2D eigenvalue weighted by molar-refractivity contribution is 1.32. The van der Waals surface area contributed by atoms with Crippen LogP contribution in [-0.2, 0) is 0 Å². The highest BCUT2D eigenvalue weighted by Crippen LogP contribution is 2.34. The quantitative estimate of drug-likeness (QED) is 0.525. The Labute approximate surface area is 92.6 Å². The van der Waals surface area contributed by atoms with Gasteiger partial charge >= 0.3 is 6.00 Å². The maximum atomic E-state index is 5.98. The van der Waals surface area contributed by atoms with Crippen LogP contribution >= 0.6 is 55.4 Å². The minimum Gasteiger partial charge on any atom is -0.146 e. The molecule has 0 aliphatic carbocycles. The summed E-state index contributed by atoms with van der Waals surface area (Å²) in [4.78, 5) is 0. The Kier molecular flexibility index (Phi) is 5.78. The summed E-state index contributed by atoms with van der Waals surface area (Å²) in [6.07, 6.45) is 0. The number of hydrogen-bond acceptors (Lipinski definition) is 0. The summed E-state index contributed by atoms with van der Waals surface area (Å²) in [5.41, 5.74) is 0. The van der Waals surface area contributed by atoms with Gasteiger partial charge in [-0.25, -0.2) is 0 Å². The molecule has 0 aromatic carbocycles. The minimum atomic E-state index is -2.50. The molecule has 0 aromatic rings. The van der Waals surface area contributed by atoms with E-state index < -0.39 is 12.7 Å². The fourth-order valence-electron chi connectivity index (χ4n) is 0.501. The van der Waals surface area contributed by atoms with Gasteiger partial charge in [0.25, 0.3) is 6.69 Å². The summed E-state index contributed by atoms with van der Waals surface area (Å²) in [7, 11) is 0. The Bertz CT molecular complexity index is 120. The van der Waals surface area contributed by atoms with Crippen LogP contribution in [0.1, 0.15) is 6.92 Å². The first-order chi connectivity index (χ1) is 4.77. The Morgan fingerprint density at radius 3 is 1.64 bits per heavy atom. The van der Waals surface area contributed by atoms with E-state index in [0.717, 1.165) is 6.04 Å². The first-order valence-corrected chi connectivity index (χ1v) is 12.9. The van der Waals surface area contributed by atoms with Crippen LogP contribution in [0.4, 0.5) is 0 Å². The van der Waals surface area contributed by atoms with Crippen molar-refractivity contribution in [1.29, 1.82) is 0 Å². The van der Waals surface area contributed by atoms with Gasteiger partial charge in [0, 0.05) is 0 Å². The zero-order valence-electron chi connectivity index (χ0n) is 6.01. The van der Waals surface area contributed by atoms with Crippen molar-refractivity contribution in [3.8, 4) is 0 Å². The predicted molar refractivity (Wildman–Crippen MR) is 60.9 cm³/mol. The molecular formula is C4H9Cl5Si2. The topological polar surface area (TPSA) is 0 Å². The van der Waals surface area contributed by atoms with Crippen molar-refractivity contribution in [2.75, 3.05) is 0 Å². The second-order valence-electron chi connectivity index (χ2n) is 2.32. The van der Waals surface area contributed by atoms with Crippen molar-refractivity contribution in [3.63, 3.8) is 0 Å². The van der Waals surface area contributed by atoms with E-state index in [2.05, 4.69) is 0 Å². The molecule has 0 heterocycles. The zero-order valence-corrected chi connectivity index (χ0v) is 11.8. The second kappa shape index (κ2) is 4.94. The summed E-state index contributed by atoms with van der Waals surface area (Å²) in [6.45, 7) is -0.0968. The molecule has 0 rings (SSSR count). The fourth-order valence-corrected chi connectivity index (χ4v) is 7.70. The van der Waals surface area contributed by atoms with Crippen LogP contribution in [0.2, 0.25) is 18.1 Å². The molecule has 0 amide bonds. The van der Waals surface area contributed by atoms with Gasteiger partial charge in [-0.2, -0.15) is 0 Å². The Morgan fingerprint density at radius 1 is 0.909 bits per heavy atom. The van der Waals surface area contributed by atoms with E-state index in [-0.39, 0.29) is 0 Å². The summed E-state index contributed by atoms with van der Waals surface area (Å²) in [5, 5.41) is 0. The lowest BCUT2D eigenvalue weighted by atomic mass is 10.9. The molecule has 0 unspecified atom stereocenters. The summed E-state index contributed by atoms with van der Waals surface area (Å²) >= 11 is 29.0. The van der Waals surface area contributed by atoms with Crippen molar-refractivity contribution in [3.05, 3.63) is 0 Å². The van der Waals surface area contributed by atoms with Crippen molar-refractivity contribution in [2.24, 2.45) is 0 Å². The largest absolute Gasteiger partial charge is 0.341 e. The van der Waals surface area contributed by atoms with Gasteiger partial charge in [-0.05, 0) is 18.1 Å². The van der Waals surface area contributed by atoms with Gasteiger partial charge in [0.05, 0.1) is 0 Å². The molecule has 0 aromatic heterocycles. The van der Waals surface area contributed by atoms with Gasteiger partial charge in [0.15, 0.2) is 0 Å². The number of rotatable bonds is 4. The molecule has 0 nitrogen and oxygen atoms in total. The molecule has 0 saturated heterocycles. The van der Waals surface area contributed by atoms with Crippen LogP contribution < -0.4 is 0 Å². The van der Waals surface area contributed by atoms with E-state index in [1.165, 1.54) is 0 Å². The molecule has 0 aliphatic heterocycles. The molecule has 68 valence electrons. The molecule has 11 heavy (non-hydrogen) atoms. The van der Waals surface area contributed by atoms with Gasteiger partial charge in [0.2, 0.25) is 0 Å². The summed E-state index contributed by atoms with van der Waals surface area (Å²) in [5.74, 6) is 0. The smallest absolute Gasteiger partial charge is 0.146 e. The molecule has 0 bridgehead atoms. The van der Waals surface area contributed by atoms with Crippen LogP contribution in [0.5, 0.6) is 0 Å². The highest BCUT2D eigenvalue weighted by Gasteiger charge is 2.32. The van der Waals surface area contributed by atoms with Gasteiger partial charge in [-0.1, -0.05) is 6.92 Å². The van der Waals surface area contributed by atoms with E-state index in [1.54, 1.807) is 0 Å². The lowest BCUT2D eigenvalue weighted by Crippen LogP contribution is -2.21. The zero-order chi connectivity index (χ0) is 9.12. The van der Waals surface area contributed by atoms with E-state index in [1.807, 2.05) is 6.92 Å². The third-order valence-electron chi connectivity index (χ3n) is 1.29. The Hall–Kier alpha value is 1.88. The predicted octanol–water partition coefficient (Wildman–Crippen LogP) is 4.58. The van der Waals surface area contributed by atoms with E-state index >= 15 is 0 Å². The third kappa shape index (κ3) is 8.22.